The first-order valence-electron chi connectivity index (χ1n) is 5.14. The number of halogens is 1. The molecule has 0 bridgehead atoms. The van der Waals surface area contributed by atoms with Crippen LogP contribution in [0.2, 0.25) is 0 Å². The summed E-state index contributed by atoms with van der Waals surface area (Å²) in [6.07, 6.45) is 3.15. The summed E-state index contributed by atoms with van der Waals surface area (Å²) in [5.74, 6) is -0.762. The fourth-order valence-electron chi connectivity index (χ4n) is 1.47. The van der Waals surface area contributed by atoms with Crippen molar-refractivity contribution in [1.29, 1.82) is 0 Å². The molecule has 2 rings (SSSR count). The molecule has 1 aromatic heterocycles. The van der Waals surface area contributed by atoms with Gasteiger partial charge < -0.3 is 5.32 Å². The molecule has 1 aromatic carbocycles. The Labute approximate surface area is 98.3 Å². The van der Waals surface area contributed by atoms with E-state index < -0.39 is 5.82 Å². The molecule has 0 aliphatic carbocycles. The minimum absolute atomic E-state index is 0.328. The number of hydrogen-bond acceptors (Lipinski definition) is 2. The van der Waals surface area contributed by atoms with Crippen molar-refractivity contribution in [1.82, 2.24) is 4.98 Å². The standard InChI is InChI=1S/C13H11FN2O/c1-9-4-5-10(14)7-12(9)13(17)16-11-3-2-6-15-8-11/h2-8H,1H3,(H,16,17). The van der Waals surface area contributed by atoms with Crippen LogP contribution in [0.1, 0.15) is 15.9 Å². The van der Waals surface area contributed by atoms with Crippen LogP contribution in [-0.2, 0) is 0 Å². The van der Waals surface area contributed by atoms with Gasteiger partial charge in [0.2, 0.25) is 0 Å². The smallest absolute Gasteiger partial charge is 0.256 e. The van der Waals surface area contributed by atoms with Crippen LogP contribution in [0.5, 0.6) is 0 Å². The van der Waals surface area contributed by atoms with E-state index in [0.717, 1.165) is 5.56 Å². The predicted molar refractivity (Wildman–Crippen MR) is 63.3 cm³/mol. The number of anilines is 1. The quantitative estimate of drug-likeness (QED) is 0.861. The first kappa shape index (κ1) is 11.3. The Balaban J connectivity index is 2.23. The first-order chi connectivity index (χ1) is 8.16. The van der Waals surface area contributed by atoms with Crippen LogP contribution in [0.15, 0.2) is 42.7 Å². The van der Waals surface area contributed by atoms with Gasteiger partial charge in [-0.3, -0.25) is 9.78 Å². The van der Waals surface area contributed by atoms with E-state index in [2.05, 4.69) is 10.3 Å². The van der Waals surface area contributed by atoms with Crippen molar-refractivity contribution < 1.29 is 9.18 Å². The number of aryl methyl sites for hydroxylation is 1. The van der Waals surface area contributed by atoms with Crippen LogP contribution in [0.3, 0.4) is 0 Å². The second-order valence-corrected chi connectivity index (χ2v) is 3.66. The van der Waals surface area contributed by atoms with E-state index in [1.54, 1.807) is 31.3 Å². The Morgan fingerprint density at radius 3 is 2.88 bits per heavy atom. The molecule has 0 saturated carbocycles. The fourth-order valence-corrected chi connectivity index (χ4v) is 1.47. The third-order valence-corrected chi connectivity index (χ3v) is 2.36. The number of rotatable bonds is 2. The molecule has 2 aromatic rings. The summed E-state index contributed by atoms with van der Waals surface area (Å²) in [7, 11) is 0. The average Bonchev–Trinajstić information content (AvgIpc) is 2.33. The lowest BCUT2D eigenvalue weighted by Gasteiger charge is -2.07. The van der Waals surface area contributed by atoms with Crippen molar-refractivity contribution in [2.75, 3.05) is 5.32 Å². The predicted octanol–water partition coefficient (Wildman–Crippen LogP) is 2.78. The summed E-state index contributed by atoms with van der Waals surface area (Å²) in [6.45, 7) is 1.76. The number of carbonyl (C=O) groups is 1. The third kappa shape index (κ3) is 2.66. The second kappa shape index (κ2) is 4.74. The molecule has 0 aliphatic heterocycles. The van der Waals surface area contributed by atoms with E-state index in [-0.39, 0.29) is 5.91 Å². The minimum Gasteiger partial charge on any atom is -0.321 e. The van der Waals surface area contributed by atoms with Crippen LogP contribution < -0.4 is 5.32 Å². The molecule has 4 heteroatoms. The Kier molecular flexibility index (Phi) is 3.14. The molecule has 0 spiro atoms. The van der Waals surface area contributed by atoms with Gasteiger partial charge in [-0.1, -0.05) is 6.07 Å². The average molecular weight is 230 g/mol. The molecule has 0 fully saturated rings. The maximum absolute atomic E-state index is 13.1. The molecule has 0 radical (unpaired) electrons. The van der Waals surface area contributed by atoms with Gasteiger partial charge in [0.15, 0.2) is 0 Å². The number of nitrogens with zero attached hydrogens (tertiary/aromatic N) is 1. The number of benzene rings is 1. The van der Waals surface area contributed by atoms with Gasteiger partial charge in [0.05, 0.1) is 11.9 Å². The third-order valence-electron chi connectivity index (χ3n) is 2.36. The first-order valence-corrected chi connectivity index (χ1v) is 5.14. The summed E-state index contributed by atoms with van der Waals surface area (Å²) in [4.78, 5) is 15.8. The summed E-state index contributed by atoms with van der Waals surface area (Å²) in [6, 6.07) is 7.57. The van der Waals surface area contributed by atoms with Crippen molar-refractivity contribution in [2.45, 2.75) is 6.92 Å². The summed E-state index contributed by atoms with van der Waals surface area (Å²) in [5, 5.41) is 2.66. The van der Waals surface area contributed by atoms with Crippen molar-refractivity contribution in [3.8, 4) is 0 Å². The van der Waals surface area contributed by atoms with Crippen molar-refractivity contribution in [2.24, 2.45) is 0 Å². The SMILES string of the molecule is Cc1ccc(F)cc1C(=O)Nc1cccnc1. The number of amides is 1. The molecule has 0 saturated heterocycles. The molecular formula is C13H11FN2O. The zero-order valence-electron chi connectivity index (χ0n) is 9.27. The molecule has 0 atom stereocenters. The lowest BCUT2D eigenvalue weighted by atomic mass is 10.1. The van der Waals surface area contributed by atoms with E-state index in [1.165, 1.54) is 18.3 Å². The van der Waals surface area contributed by atoms with Crippen LogP contribution >= 0.6 is 0 Å². The maximum atomic E-state index is 13.1. The summed E-state index contributed by atoms with van der Waals surface area (Å²) >= 11 is 0. The number of aromatic nitrogens is 1. The highest BCUT2D eigenvalue weighted by atomic mass is 19.1. The molecule has 3 nitrogen and oxygen atoms in total. The zero-order chi connectivity index (χ0) is 12.3. The van der Waals surface area contributed by atoms with Gasteiger partial charge in [-0.05, 0) is 36.8 Å². The summed E-state index contributed by atoms with van der Waals surface area (Å²) in [5.41, 5.74) is 1.64. The van der Waals surface area contributed by atoms with Gasteiger partial charge >= 0.3 is 0 Å². The van der Waals surface area contributed by atoms with Crippen molar-refractivity contribution in [3.63, 3.8) is 0 Å². The second-order valence-electron chi connectivity index (χ2n) is 3.66. The van der Waals surface area contributed by atoms with Gasteiger partial charge in [0.25, 0.3) is 5.91 Å². The topological polar surface area (TPSA) is 42.0 Å². The lowest BCUT2D eigenvalue weighted by Crippen LogP contribution is -2.13. The molecule has 0 aliphatic rings. The number of carbonyl (C=O) groups excluding carboxylic acids is 1. The van der Waals surface area contributed by atoms with Crippen molar-refractivity contribution >= 4 is 11.6 Å². The van der Waals surface area contributed by atoms with Gasteiger partial charge in [-0.25, -0.2) is 4.39 Å². The Hall–Kier alpha value is -2.23. The zero-order valence-corrected chi connectivity index (χ0v) is 9.27. The van der Waals surface area contributed by atoms with Gasteiger partial charge in [0.1, 0.15) is 5.82 Å². The molecule has 1 heterocycles. The Morgan fingerprint density at radius 2 is 2.18 bits per heavy atom. The largest absolute Gasteiger partial charge is 0.321 e. The monoisotopic (exact) mass is 230 g/mol. The van der Waals surface area contributed by atoms with Crippen LogP contribution in [-0.4, -0.2) is 10.9 Å². The van der Waals surface area contributed by atoms with Crippen LogP contribution in [0.4, 0.5) is 10.1 Å². The van der Waals surface area contributed by atoms with Crippen LogP contribution in [0, 0.1) is 12.7 Å². The normalized spacial score (nSPS) is 10.0. The highest BCUT2D eigenvalue weighted by Gasteiger charge is 2.10. The molecule has 1 amide bonds. The van der Waals surface area contributed by atoms with E-state index >= 15 is 0 Å². The van der Waals surface area contributed by atoms with E-state index in [1.807, 2.05) is 0 Å². The molecule has 1 N–H and O–H groups in total. The highest BCUT2D eigenvalue weighted by molar-refractivity contribution is 6.05. The fraction of sp³-hybridized carbons (Fsp3) is 0.0769. The summed E-state index contributed by atoms with van der Waals surface area (Å²) < 4.78 is 13.1. The Morgan fingerprint density at radius 1 is 1.35 bits per heavy atom. The van der Waals surface area contributed by atoms with Gasteiger partial charge in [-0.2, -0.15) is 0 Å². The molecule has 86 valence electrons. The molecule has 17 heavy (non-hydrogen) atoms. The van der Waals surface area contributed by atoms with Gasteiger partial charge in [-0.15, -0.1) is 0 Å². The lowest BCUT2D eigenvalue weighted by molar-refractivity contribution is 0.102. The van der Waals surface area contributed by atoms with E-state index in [0.29, 0.717) is 11.3 Å². The van der Waals surface area contributed by atoms with E-state index in [4.69, 9.17) is 0 Å². The van der Waals surface area contributed by atoms with Gasteiger partial charge in [0, 0.05) is 11.8 Å². The minimum atomic E-state index is -0.424. The molecule has 0 unspecified atom stereocenters. The van der Waals surface area contributed by atoms with Crippen molar-refractivity contribution in [3.05, 3.63) is 59.7 Å². The van der Waals surface area contributed by atoms with Crippen LogP contribution in [0.25, 0.3) is 0 Å². The number of nitrogens with one attached hydrogen (secondary N) is 1. The highest BCUT2D eigenvalue weighted by Crippen LogP contribution is 2.13. The Bertz CT molecular complexity index is 540. The van der Waals surface area contributed by atoms with E-state index in [9.17, 15) is 9.18 Å². The number of pyridine rings is 1. The number of hydrogen-bond donors (Lipinski definition) is 1. The molecular weight excluding hydrogens is 219 g/mol. The maximum Gasteiger partial charge on any atom is 0.256 e.